The fourth-order valence-corrected chi connectivity index (χ4v) is 0.788. The Bertz CT molecular complexity index is 406. The molecule has 2 rings (SSSR count). The number of nitrogens with one attached hydrogen (secondary N) is 1. The lowest BCUT2D eigenvalue weighted by Gasteiger charge is -1.88. The van der Waals surface area contributed by atoms with E-state index in [1.54, 1.807) is 12.5 Å². The molecule has 0 saturated carbocycles. The molecule has 0 spiro atoms. The van der Waals surface area contributed by atoms with Gasteiger partial charge in [0.15, 0.2) is 0 Å². The highest BCUT2D eigenvalue weighted by Crippen LogP contribution is 2.18. The van der Waals surface area contributed by atoms with Crippen molar-refractivity contribution in [2.45, 2.75) is 0 Å². The van der Waals surface area contributed by atoms with E-state index in [0.717, 1.165) is 0 Å². The number of aromatic nitrogens is 6. The van der Waals surface area contributed by atoms with E-state index in [1.807, 2.05) is 0 Å². The van der Waals surface area contributed by atoms with E-state index in [1.165, 1.54) is 4.80 Å². The van der Waals surface area contributed by atoms with Gasteiger partial charge >= 0.3 is 0 Å². The molecule has 0 amide bonds. The minimum atomic E-state index is 0.0491. The van der Waals surface area contributed by atoms with Gasteiger partial charge in [-0.05, 0) is 15.5 Å². The smallest absolute Gasteiger partial charge is 0.230 e. The first-order valence-corrected chi connectivity index (χ1v) is 3.28. The Kier molecular flexibility index (Phi) is 1.63. The molecule has 0 unspecified atom stereocenters. The molecular formula is C4H5N7O2. The van der Waals surface area contributed by atoms with Gasteiger partial charge in [0.05, 0.1) is 7.05 Å². The number of tetrazole rings is 1. The van der Waals surface area contributed by atoms with Crippen LogP contribution in [0.4, 0.5) is 5.82 Å². The zero-order chi connectivity index (χ0) is 9.26. The molecule has 0 fully saturated rings. The molecule has 0 saturated heterocycles. The van der Waals surface area contributed by atoms with Crippen molar-refractivity contribution < 1.29 is 9.84 Å². The van der Waals surface area contributed by atoms with Crippen LogP contribution in [-0.4, -0.2) is 35.7 Å². The Morgan fingerprint density at radius 3 is 2.92 bits per heavy atom. The fourth-order valence-electron chi connectivity index (χ4n) is 0.788. The summed E-state index contributed by atoms with van der Waals surface area (Å²) in [6, 6.07) is 0. The number of aryl methyl sites for hydroxylation is 1. The predicted octanol–water partition coefficient (Wildman–Crippen LogP) is -0.939. The molecule has 0 atom stereocenters. The normalized spacial score (nSPS) is 10.3. The van der Waals surface area contributed by atoms with Gasteiger partial charge in [0.1, 0.15) is 0 Å². The zero-order valence-electron chi connectivity index (χ0n) is 6.54. The van der Waals surface area contributed by atoms with Gasteiger partial charge in [0.25, 0.3) is 0 Å². The molecule has 0 aliphatic carbocycles. The zero-order valence-corrected chi connectivity index (χ0v) is 6.54. The first-order chi connectivity index (χ1) is 6.31. The van der Waals surface area contributed by atoms with Crippen molar-refractivity contribution in [2.75, 3.05) is 5.48 Å². The number of nitrogens with zero attached hydrogens (tertiary/aromatic N) is 6. The Morgan fingerprint density at radius 2 is 2.31 bits per heavy atom. The monoisotopic (exact) mass is 183 g/mol. The van der Waals surface area contributed by atoms with E-state index in [4.69, 9.17) is 5.21 Å². The lowest BCUT2D eigenvalue weighted by atomic mass is 10.4. The Balaban J connectivity index is 2.45. The fraction of sp³-hybridized carbons (Fsp3) is 0.250. The summed E-state index contributed by atoms with van der Waals surface area (Å²) in [5.41, 5.74) is 2.00. The molecule has 2 aromatic rings. The number of hydrogen-bond donors (Lipinski definition) is 2. The van der Waals surface area contributed by atoms with Crippen LogP contribution in [0.25, 0.3) is 11.5 Å². The van der Waals surface area contributed by atoms with Crippen LogP contribution in [-0.2, 0) is 7.05 Å². The van der Waals surface area contributed by atoms with Crippen molar-refractivity contribution >= 4 is 5.82 Å². The summed E-state index contributed by atoms with van der Waals surface area (Å²) in [7, 11) is 1.61. The molecule has 9 heteroatoms. The quantitative estimate of drug-likeness (QED) is 0.573. The number of hydrogen-bond acceptors (Lipinski definition) is 8. The number of rotatable bonds is 2. The van der Waals surface area contributed by atoms with E-state index in [2.05, 4.69) is 30.4 Å². The summed E-state index contributed by atoms with van der Waals surface area (Å²) < 4.78 is 4.36. The van der Waals surface area contributed by atoms with Gasteiger partial charge in [-0.3, -0.25) is 5.21 Å². The van der Waals surface area contributed by atoms with Gasteiger partial charge in [-0.15, -0.1) is 10.2 Å². The minimum absolute atomic E-state index is 0.0491. The van der Waals surface area contributed by atoms with E-state index in [0.29, 0.717) is 0 Å². The Hall–Kier alpha value is -2.03. The first kappa shape index (κ1) is 7.61. The maximum atomic E-state index is 8.58. The lowest BCUT2D eigenvalue weighted by molar-refractivity contribution is 0.303. The van der Waals surface area contributed by atoms with E-state index < -0.39 is 0 Å². The van der Waals surface area contributed by atoms with Crippen molar-refractivity contribution in [3.63, 3.8) is 0 Å². The molecule has 0 aromatic carbocycles. The second-order valence-electron chi connectivity index (χ2n) is 2.18. The van der Waals surface area contributed by atoms with Gasteiger partial charge in [-0.25, -0.2) is 10.1 Å². The number of anilines is 1. The Labute approximate surface area is 71.3 Å². The van der Waals surface area contributed by atoms with Crippen molar-refractivity contribution in [1.29, 1.82) is 0 Å². The van der Waals surface area contributed by atoms with Gasteiger partial charge < -0.3 is 0 Å². The third-order valence-electron chi connectivity index (χ3n) is 1.31. The molecule has 2 heterocycles. The third-order valence-corrected chi connectivity index (χ3v) is 1.31. The van der Waals surface area contributed by atoms with Gasteiger partial charge in [0, 0.05) is 0 Å². The van der Waals surface area contributed by atoms with Gasteiger partial charge in [-0.2, -0.15) is 4.80 Å². The molecule has 13 heavy (non-hydrogen) atoms. The largest absolute Gasteiger partial charge is 0.290 e. The van der Waals surface area contributed by atoms with Crippen LogP contribution in [0.3, 0.4) is 0 Å². The molecule has 0 aliphatic heterocycles. The van der Waals surface area contributed by atoms with Crippen LogP contribution in [0.1, 0.15) is 0 Å². The molecular weight excluding hydrogens is 178 g/mol. The van der Waals surface area contributed by atoms with Crippen LogP contribution in [0.15, 0.2) is 4.63 Å². The molecule has 68 valence electrons. The van der Waals surface area contributed by atoms with Crippen LogP contribution < -0.4 is 5.48 Å². The van der Waals surface area contributed by atoms with Gasteiger partial charge in [-0.1, -0.05) is 0 Å². The van der Waals surface area contributed by atoms with Crippen LogP contribution in [0.5, 0.6) is 0 Å². The second kappa shape index (κ2) is 2.79. The summed E-state index contributed by atoms with van der Waals surface area (Å²) in [6.07, 6.45) is 0. The van der Waals surface area contributed by atoms with E-state index in [9.17, 15) is 0 Å². The van der Waals surface area contributed by atoms with Crippen molar-refractivity contribution in [2.24, 2.45) is 7.05 Å². The standard InChI is InChI=1S/C4H5N7O2/c1-11-6-3(5-10-11)2-4(7-12)9-13-8-2/h12H,1H3,(H,7,9). The van der Waals surface area contributed by atoms with E-state index in [-0.39, 0.29) is 17.3 Å². The summed E-state index contributed by atoms with van der Waals surface area (Å²) >= 11 is 0. The maximum Gasteiger partial charge on any atom is 0.230 e. The molecule has 2 N–H and O–H groups in total. The summed E-state index contributed by atoms with van der Waals surface area (Å²) in [4.78, 5) is 1.26. The lowest BCUT2D eigenvalue weighted by Crippen LogP contribution is -1.94. The average molecular weight is 183 g/mol. The SMILES string of the molecule is Cn1nnc(-c2nonc2NO)n1. The van der Waals surface area contributed by atoms with Crippen molar-refractivity contribution in [1.82, 2.24) is 30.5 Å². The predicted molar refractivity (Wildman–Crippen MR) is 37.5 cm³/mol. The minimum Gasteiger partial charge on any atom is -0.290 e. The maximum absolute atomic E-state index is 8.58. The highest BCUT2D eigenvalue weighted by Gasteiger charge is 2.16. The first-order valence-electron chi connectivity index (χ1n) is 3.28. The molecule has 0 radical (unpaired) electrons. The van der Waals surface area contributed by atoms with Gasteiger partial charge in [0.2, 0.25) is 17.3 Å². The van der Waals surface area contributed by atoms with Crippen LogP contribution in [0, 0.1) is 0 Å². The average Bonchev–Trinajstić information content (AvgIpc) is 2.71. The van der Waals surface area contributed by atoms with Crippen LogP contribution in [0.2, 0.25) is 0 Å². The molecule has 9 nitrogen and oxygen atoms in total. The van der Waals surface area contributed by atoms with E-state index >= 15 is 0 Å². The molecule has 0 aliphatic rings. The highest BCUT2D eigenvalue weighted by atomic mass is 16.6. The van der Waals surface area contributed by atoms with Crippen molar-refractivity contribution in [3.8, 4) is 11.5 Å². The molecule has 2 aromatic heterocycles. The second-order valence-corrected chi connectivity index (χ2v) is 2.18. The molecule has 0 bridgehead atoms. The summed E-state index contributed by atoms with van der Waals surface area (Å²) in [5.74, 6) is 0.272. The summed E-state index contributed by atoms with van der Waals surface area (Å²) in [5, 5.41) is 26.5. The Morgan fingerprint density at radius 1 is 1.46 bits per heavy atom. The topological polar surface area (TPSA) is 115 Å². The highest BCUT2D eigenvalue weighted by molar-refractivity contribution is 5.62. The van der Waals surface area contributed by atoms with Crippen LogP contribution >= 0.6 is 0 Å². The third kappa shape index (κ3) is 1.20. The summed E-state index contributed by atoms with van der Waals surface area (Å²) in [6.45, 7) is 0. The van der Waals surface area contributed by atoms with Crippen molar-refractivity contribution in [3.05, 3.63) is 0 Å².